The molecule has 1 heterocycles. The highest BCUT2D eigenvalue weighted by Gasteiger charge is 2.35. The first-order chi connectivity index (χ1) is 9.39. The summed E-state index contributed by atoms with van der Waals surface area (Å²) in [6.45, 7) is 5.57. The third-order valence-corrected chi connectivity index (χ3v) is 3.21. The second-order valence-electron chi connectivity index (χ2n) is 6.06. The van der Waals surface area contributed by atoms with Gasteiger partial charge in [0.1, 0.15) is 5.60 Å². The Bertz CT molecular complexity index is 466. The van der Waals surface area contributed by atoms with Gasteiger partial charge >= 0.3 is 6.09 Å². The molecule has 2 N–H and O–H groups in total. The lowest BCUT2D eigenvalue weighted by Gasteiger charge is -2.37. The first-order valence-electron chi connectivity index (χ1n) is 6.90. The first-order valence-corrected chi connectivity index (χ1v) is 6.90. The van der Waals surface area contributed by atoms with Gasteiger partial charge in [-0.3, -0.25) is 0 Å². The van der Waals surface area contributed by atoms with Crippen LogP contribution in [0.2, 0.25) is 0 Å². The summed E-state index contributed by atoms with van der Waals surface area (Å²) in [4.78, 5) is 11.7. The molecule has 1 aromatic rings. The average Bonchev–Trinajstić information content (AvgIpc) is 2.71. The third kappa shape index (κ3) is 3.69. The van der Waals surface area contributed by atoms with Crippen molar-refractivity contribution in [2.45, 2.75) is 57.7 Å². The standard InChI is InChI=1S/C13H22N4O3/c1-13(2,3)20-12(19)14-10-4-5-11(10)17-8-9(6-7-18)15-16-17/h8,10-11,18H,4-7H2,1-3H3,(H,14,19). The summed E-state index contributed by atoms with van der Waals surface area (Å²) >= 11 is 0. The first kappa shape index (κ1) is 14.8. The molecule has 0 aliphatic heterocycles. The topological polar surface area (TPSA) is 89.3 Å². The molecule has 20 heavy (non-hydrogen) atoms. The Morgan fingerprint density at radius 2 is 2.30 bits per heavy atom. The summed E-state index contributed by atoms with van der Waals surface area (Å²) in [5.41, 5.74) is 0.264. The number of aromatic nitrogens is 3. The van der Waals surface area contributed by atoms with Gasteiger partial charge in [-0.15, -0.1) is 5.10 Å². The molecule has 0 aromatic carbocycles. The van der Waals surface area contributed by atoms with E-state index in [0.717, 1.165) is 18.5 Å². The van der Waals surface area contributed by atoms with Gasteiger partial charge in [0, 0.05) is 19.2 Å². The molecule has 1 aliphatic rings. The molecule has 1 aromatic heterocycles. The molecule has 7 heteroatoms. The van der Waals surface area contributed by atoms with Crippen molar-refractivity contribution in [3.8, 4) is 0 Å². The number of alkyl carbamates (subject to hydrolysis) is 1. The Morgan fingerprint density at radius 1 is 1.55 bits per heavy atom. The Hall–Kier alpha value is -1.63. The van der Waals surface area contributed by atoms with Crippen molar-refractivity contribution in [3.05, 3.63) is 11.9 Å². The lowest BCUT2D eigenvalue weighted by Crippen LogP contribution is -2.49. The molecule has 1 aliphatic carbocycles. The van der Waals surface area contributed by atoms with E-state index in [1.165, 1.54) is 0 Å². The molecule has 0 saturated heterocycles. The zero-order chi connectivity index (χ0) is 14.8. The van der Waals surface area contributed by atoms with Crippen LogP contribution < -0.4 is 5.32 Å². The van der Waals surface area contributed by atoms with Crippen molar-refractivity contribution in [3.63, 3.8) is 0 Å². The summed E-state index contributed by atoms with van der Waals surface area (Å²) in [6.07, 6.45) is 3.77. The van der Waals surface area contributed by atoms with E-state index in [0.29, 0.717) is 6.42 Å². The van der Waals surface area contributed by atoms with Crippen molar-refractivity contribution in [2.24, 2.45) is 0 Å². The van der Waals surface area contributed by atoms with E-state index in [4.69, 9.17) is 9.84 Å². The molecule has 2 unspecified atom stereocenters. The molecule has 1 saturated carbocycles. The quantitative estimate of drug-likeness (QED) is 0.861. The summed E-state index contributed by atoms with van der Waals surface area (Å²) in [5, 5.41) is 19.8. The summed E-state index contributed by atoms with van der Waals surface area (Å²) in [5.74, 6) is 0. The number of nitrogens with one attached hydrogen (secondary N) is 1. The monoisotopic (exact) mass is 282 g/mol. The Kier molecular flexibility index (Phi) is 4.27. The van der Waals surface area contributed by atoms with Gasteiger partial charge in [-0.1, -0.05) is 5.21 Å². The molecule has 1 amide bonds. The van der Waals surface area contributed by atoms with Crippen LogP contribution in [0.5, 0.6) is 0 Å². The number of carbonyl (C=O) groups excluding carboxylic acids is 1. The van der Waals surface area contributed by atoms with Crippen LogP contribution in [0.1, 0.15) is 45.3 Å². The largest absolute Gasteiger partial charge is 0.444 e. The fraction of sp³-hybridized carbons (Fsp3) is 0.769. The van der Waals surface area contributed by atoms with E-state index in [2.05, 4.69) is 15.6 Å². The van der Waals surface area contributed by atoms with Gasteiger partial charge in [0.05, 0.1) is 17.8 Å². The number of amides is 1. The van der Waals surface area contributed by atoms with E-state index < -0.39 is 11.7 Å². The second-order valence-corrected chi connectivity index (χ2v) is 6.06. The molecule has 0 radical (unpaired) electrons. The zero-order valence-electron chi connectivity index (χ0n) is 12.2. The Morgan fingerprint density at radius 3 is 2.85 bits per heavy atom. The van der Waals surface area contributed by atoms with Gasteiger partial charge in [-0.25, -0.2) is 9.48 Å². The third-order valence-electron chi connectivity index (χ3n) is 3.21. The maximum Gasteiger partial charge on any atom is 0.407 e. The molecule has 0 bridgehead atoms. The maximum absolute atomic E-state index is 11.7. The zero-order valence-corrected chi connectivity index (χ0v) is 12.2. The molecule has 112 valence electrons. The lowest BCUT2D eigenvalue weighted by molar-refractivity contribution is 0.0436. The van der Waals surface area contributed by atoms with E-state index in [1.807, 2.05) is 27.0 Å². The number of rotatable bonds is 4. The van der Waals surface area contributed by atoms with Gasteiger partial charge in [-0.2, -0.15) is 0 Å². The highest BCUT2D eigenvalue weighted by atomic mass is 16.6. The van der Waals surface area contributed by atoms with E-state index in [1.54, 1.807) is 4.68 Å². The van der Waals surface area contributed by atoms with Crippen LogP contribution in [0.25, 0.3) is 0 Å². The van der Waals surface area contributed by atoms with Crippen LogP contribution in [0.4, 0.5) is 4.79 Å². The lowest BCUT2D eigenvalue weighted by atomic mass is 9.86. The van der Waals surface area contributed by atoms with Crippen LogP contribution >= 0.6 is 0 Å². The van der Waals surface area contributed by atoms with Gasteiger partial charge in [0.25, 0.3) is 0 Å². The number of hydrogen-bond donors (Lipinski definition) is 2. The number of aliphatic hydroxyl groups is 1. The van der Waals surface area contributed by atoms with Crippen LogP contribution in [0.3, 0.4) is 0 Å². The SMILES string of the molecule is CC(C)(C)OC(=O)NC1CCC1n1cc(CCO)nn1. The fourth-order valence-corrected chi connectivity index (χ4v) is 2.13. The number of aliphatic hydroxyl groups excluding tert-OH is 1. The van der Waals surface area contributed by atoms with Crippen LogP contribution in [-0.2, 0) is 11.2 Å². The predicted octanol–water partition coefficient (Wildman–Crippen LogP) is 1.04. The molecular formula is C13H22N4O3. The van der Waals surface area contributed by atoms with Crippen molar-refractivity contribution in [2.75, 3.05) is 6.61 Å². The van der Waals surface area contributed by atoms with Gasteiger partial charge in [0.2, 0.25) is 0 Å². The minimum absolute atomic E-state index is 0.0218. The van der Waals surface area contributed by atoms with E-state index in [9.17, 15) is 4.79 Å². The van der Waals surface area contributed by atoms with Gasteiger partial charge in [0.15, 0.2) is 0 Å². The highest BCUT2D eigenvalue weighted by Crippen LogP contribution is 2.31. The molecule has 2 atom stereocenters. The summed E-state index contributed by atoms with van der Waals surface area (Å²) < 4.78 is 7.00. The van der Waals surface area contributed by atoms with Crippen LogP contribution in [-0.4, -0.2) is 44.4 Å². The molecule has 7 nitrogen and oxygen atoms in total. The Labute approximate surface area is 118 Å². The number of carbonyl (C=O) groups is 1. The van der Waals surface area contributed by atoms with Crippen molar-refractivity contribution in [1.29, 1.82) is 0 Å². The maximum atomic E-state index is 11.7. The highest BCUT2D eigenvalue weighted by molar-refractivity contribution is 5.68. The minimum Gasteiger partial charge on any atom is -0.444 e. The van der Waals surface area contributed by atoms with E-state index in [-0.39, 0.29) is 18.7 Å². The Balaban J connectivity index is 1.89. The van der Waals surface area contributed by atoms with E-state index >= 15 is 0 Å². The number of ether oxygens (including phenoxy) is 1. The number of hydrogen-bond acceptors (Lipinski definition) is 5. The predicted molar refractivity (Wildman–Crippen MR) is 72.2 cm³/mol. The minimum atomic E-state index is -0.495. The fourth-order valence-electron chi connectivity index (χ4n) is 2.13. The molecule has 0 spiro atoms. The van der Waals surface area contributed by atoms with Gasteiger partial charge in [-0.05, 0) is 33.6 Å². The average molecular weight is 282 g/mol. The van der Waals surface area contributed by atoms with Crippen molar-refractivity contribution >= 4 is 6.09 Å². The molecule has 1 fully saturated rings. The molecular weight excluding hydrogens is 260 g/mol. The van der Waals surface area contributed by atoms with Crippen molar-refractivity contribution in [1.82, 2.24) is 20.3 Å². The normalized spacial score (nSPS) is 22.2. The van der Waals surface area contributed by atoms with Crippen LogP contribution in [0.15, 0.2) is 6.20 Å². The summed E-state index contributed by atoms with van der Waals surface area (Å²) in [6, 6.07) is 0.135. The summed E-state index contributed by atoms with van der Waals surface area (Å²) in [7, 11) is 0. The molecule has 2 rings (SSSR count). The van der Waals surface area contributed by atoms with Crippen LogP contribution in [0, 0.1) is 0 Å². The second kappa shape index (κ2) is 5.78. The van der Waals surface area contributed by atoms with Gasteiger partial charge < -0.3 is 15.2 Å². The number of nitrogens with zero attached hydrogens (tertiary/aromatic N) is 3. The van der Waals surface area contributed by atoms with Crippen molar-refractivity contribution < 1.29 is 14.6 Å². The smallest absolute Gasteiger partial charge is 0.407 e.